The lowest BCUT2D eigenvalue weighted by molar-refractivity contribution is -0.0829. The number of ether oxygens (including phenoxy) is 3. The van der Waals surface area contributed by atoms with Gasteiger partial charge in [0.1, 0.15) is 0 Å². The van der Waals surface area contributed by atoms with E-state index in [1.807, 2.05) is 0 Å². The van der Waals surface area contributed by atoms with Crippen molar-refractivity contribution < 1.29 is 14.2 Å². The Bertz CT molecular complexity index is 356. The molecule has 0 aromatic heterocycles. The molecular formula is C16H32IN3O3. The summed E-state index contributed by atoms with van der Waals surface area (Å²) in [5.74, 6) is 1.56. The number of aliphatic imine (C=N–C) groups is 1. The van der Waals surface area contributed by atoms with E-state index in [1.54, 1.807) is 7.11 Å². The molecule has 1 atom stereocenters. The highest BCUT2D eigenvalue weighted by Crippen LogP contribution is 2.25. The van der Waals surface area contributed by atoms with Gasteiger partial charge < -0.3 is 24.4 Å². The second kappa shape index (κ2) is 10.7. The van der Waals surface area contributed by atoms with Crippen LogP contribution in [0.15, 0.2) is 4.99 Å². The maximum atomic E-state index is 5.77. The first-order valence-corrected chi connectivity index (χ1v) is 8.39. The third-order valence-electron chi connectivity index (χ3n) is 4.61. The molecule has 7 heteroatoms. The van der Waals surface area contributed by atoms with Crippen molar-refractivity contribution in [3.63, 3.8) is 0 Å². The molecule has 0 radical (unpaired) electrons. The fourth-order valence-corrected chi connectivity index (χ4v) is 3.06. The van der Waals surface area contributed by atoms with Gasteiger partial charge in [-0.15, -0.1) is 24.0 Å². The zero-order valence-corrected chi connectivity index (χ0v) is 17.0. The SMILES string of the molecule is CCNC(=NCC1(OC)CCOCC1)N(C)CC1CCOC1.I. The maximum Gasteiger partial charge on any atom is 0.193 e. The number of hydrogen-bond acceptors (Lipinski definition) is 4. The highest BCUT2D eigenvalue weighted by atomic mass is 127. The lowest BCUT2D eigenvalue weighted by Gasteiger charge is -2.35. The van der Waals surface area contributed by atoms with Crippen molar-refractivity contribution in [3.8, 4) is 0 Å². The van der Waals surface area contributed by atoms with Gasteiger partial charge in [-0.05, 0) is 13.3 Å². The molecule has 1 N–H and O–H groups in total. The van der Waals surface area contributed by atoms with Gasteiger partial charge in [-0.2, -0.15) is 0 Å². The van der Waals surface area contributed by atoms with Gasteiger partial charge in [-0.3, -0.25) is 4.99 Å². The van der Waals surface area contributed by atoms with E-state index in [0.29, 0.717) is 12.5 Å². The minimum atomic E-state index is -0.170. The Morgan fingerprint density at radius 3 is 2.61 bits per heavy atom. The summed E-state index contributed by atoms with van der Waals surface area (Å²) in [5.41, 5.74) is -0.170. The van der Waals surface area contributed by atoms with Crippen molar-refractivity contribution >= 4 is 29.9 Å². The molecule has 0 spiro atoms. The van der Waals surface area contributed by atoms with Crippen LogP contribution in [0.1, 0.15) is 26.2 Å². The fraction of sp³-hybridized carbons (Fsp3) is 0.938. The van der Waals surface area contributed by atoms with Crippen molar-refractivity contribution in [3.05, 3.63) is 0 Å². The Morgan fingerprint density at radius 2 is 2.04 bits per heavy atom. The number of halogens is 1. The van der Waals surface area contributed by atoms with Crippen LogP contribution in [0.4, 0.5) is 0 Å². The van der Waals surface area contributed by atoms with Crippen LogP contribution in [0.5, 0.6) is 0 Å². The zero-order chi connectivity index (χ0) is 15.8. The molecule has 0 bridgehead atoms. The summed E-state index contributed by atoms with van der Waals surface area (Å²) in [6.07, 6.45) is 2.96. The standard InChI is InChI=1S/C16H31N3O3.HI/c1-4-17-15(19(2)11-14-5-8-22-12-14)18-13-16(20-3)6-9-21-10-7-16;/h14H,4-13H2,1-3H3,(H,17,18);1H. The Morgan fingerprint density at radius 1 is 1.30 bits per heavy atom. The molecule has 0 aromatic carbocycles. The molecule has 136 valence electrons. The van der Waals surface area contributed by atoms with Crippen LogP contribution in [0.2, 0.25) is 0 Å². The lowest BCUT2D eigenvalue weighted by atomic mass is 9.94. The molecule has 0 aromatic rings. The first-order chi connectivity index (χ1) is 10.7. The number of hydrogen-bond donors (Lipinski definition) is 1. The van der Waals surface area contributed by atoms with Crippen molar-refractivity contribution in [1.29, 1.82) is 0 Å². The second-order valence-corrected chi connectivity index (χ2v) is 6.28. The predicted octanol–water partition coefficient (Wildman–Crippen LogP) is 1.73. The van der Waals surface area contributed by atoms with Crippen molar-refractivity contribution in [2.45, 2.75) is 31.8 Å². The second-order valence-electron chi connectivity index (χ2n) is 6.28. The average Bonchev–Trinajstić information content (AvgIpc) is 3.05. The van der Waals surface area contributed by atoms with Crippen LogP contribution in [0, 0.1) is 5.92 Å². The molecule has 2 aliphatic rings. The molecule has 2 aliphatic heterocycles. The van der Waals surface area contributed by atoms with Crippen LogP contribution in [0.25, 0.3) is 0 Å². The Labute approximate surface area is 157 Å². The normalized spacial score (nSPS) is 24.1. The summed E-state index contributed by atoms with van der Waals surface area (Å²) in [6.45, 7) is 7.90. The summed E-state index contributed by atoms with van der Waals surface area (Å²) in [6, 6.07) is 0. The predicted molar refractivity (Wildman–Crippen MR) is 103 cm³/mol. The van der Waals surface area contributed by atoms with Gasteiger partial charge in [0.2, 0.25) is 0 Å². The highest BCUT2D eigenvalue weighted by Gasteiger charge is 2.32. The van der Waals surface area contributed by atoms with Gasteiger partial charge in [0, 0.05) is 65.8 Å². The van der Waals surface area contributed by atoms with E-state index >= 15 is 0 Å². The Balaban J connectivity index is 0.00000264. The minimum Gasteiger partial charge on any atom is -0.381 e. The molecule has 23 heavy (non-hydrogen) atoms. The zero-order valence-electron chi connectivity index (χ0n) is 14.7. The molecule has 1 unspecified atom stereocenters. The molecule has 2 fully saturated rings. The van der Waals surface area contributed by atoms with Crippen LogP contribution >= 0.6 is 24.0 Å². The third-order valence-corrected chi connectivity index (χ3v) is 4.61. The maximum absolute atomic E-state index is 5.77. The molecule has 0 amide bonds. The van der Waals surface area contributed by atoms with E-state index in [1.165, 1.54) is 0 Å². The largest absolute Gasteiger partial charge is 0.381 e. The Kier molecular flexibility index (Phi) is 9.72. The first kappa shape index (κ1) is 20.9. The van der Waals surface area contributed by atoms with E-state index in [4.69, 9.17) is 19.2 Å². The monoisotopic (exact) mass is 441 g/mol. The smallest absolute Gasteiger partial charge is 0.193 e. The minimum absolute atomic E-state index is 0. The number of rotatable bonds is 6. The molecule has 2 saturated heterocycles. The van der Waals surface area contributed by atoms with Gasteiger partial charge in [-0.1, -0.05) is 0 Å². The fourth-order valence-electron chi connectivity index (χ4n) is 3.06. The Hall–Kier alpha value is -0.120. The average molecular weight is 441 g/mol. The number of guanidine groups is 1. The number of nitrogens with one attached hydrogen (secondary N) is 1. The molecular weight excluding hydrogens is 409 g/mol. The molecule has 0 saturated carbocycles. The molecule has 2 heterocycles. The summed E-state index contributed by atoms with van der Waals surface area (Å²) < 4.78 is 16.7. The molecule has 6 nitrogen and oxygen atoms in total. The quantitative estimate of drug-likeness (QED) is 0.387. The van der Waals surface area contributed by atoms with Gasteiger partial charge in [0.25, 0.3) is 0 Å². The van der Waals surface area contributed by atoms with Gasteiger partial charge in [-0.25, -0.2) is 0 Å². The summed E-state index contributed by atoms with van der Waals surface area (Å²) >= 11 is 0. The van der Waals surface area contributed by atoms with Crippen molar-refractivity contribution in [1.82, 2.24) is 10.2 Å². The van der Waals surface area contributed by atoms with E-state index in [0.717, 1.165) is 64.7 Å². The topological polar surface area (TPSA) is 55.3 Å². The van der Waals surface area contributed by atoms with Crippen LogP contribution in [-0.2, 0) is 14.2 Å². The van der Waals surface area contributed by atoms with Crippen molar-refractivity contribution in [2.24, 2.45) is 10.9 Å². The van der Waals surface area contributed by atoms with E-state index < -0.39 is 0 Å². The van der Waals surface area contributed by atoms with E-state index in [2.05, 4.69) is 24.2 Å². The summed E-state index contributed by atoms with van der Waals surface area (Å²) in [5, 5.41) is 3.39. The molecule has 0 aliphatic carbocycles. The number of methoxy groups -OCH3 is 1. The van der Waals surface area contributed by atoms with Crippen LogP contribution in [-0.4, -0.2) is 76.7 Å². The van der Waals surface area contributed by atoms with Gasteiger partial charge in [0.05, 0.1) is 18.8 Å². The number of nitrogens with zero attached hydrogens (tertiary/aromatic N) is 2. The first-order valence-electron chi connectivity index (χ1n) is 8.39. The van der Waals surface area contributed by atoms with Gasteiger partial charge in [0.15, 0.2) is 5.96 Å². The lowest BCUT2D eigenvalue weighted by Crippen LogP contribution is -2.45. The van der Waals surface area contributed by atoms with Crippen molar-refractivity contribution in [2.75, 3.05) is 60.2 Å². The summed E-state index contributed by atoms with van der Waals surface area (Å²) in [7, 11) is 3.89. The van der Waals surface area contributed by atoms with Gasteiger partial charge >= 0.3 is 0 Å². The summed E-state index contributed by atoms with van der Waals surface area (Å²) in [4.78, 5) is 7.05. The third kappa shape index (κ3) is 6.36. The van der Waals surface area contributed by atoms with Crippen LogP contribution in [0.3, 0.4) is 0 Å². The van der Waals surface area contributed by atoms with E-state index in [9.17, 15) is 0 Å². The molecule has 2 rings (SSSR count). The highest BCUT2D eigenvalue weighted by molar-refractivity contribution is 14.0. The van der Waals surface area contributed by atoms with E-state index in [-0.39, 0.29) is 29.6 Å². The van der Waals surface area contributed by atoms with Crippen LogP contribution < -0.4 is 5.32 Å².